The van der Waals surface area contributed by atoms with Crippen molar-refractivity contribution in [3.05, 3.63) is 42.1 Å². The van der Waals surface area contributed by atoms with Crippen LogP contribution in [-0.4, -0.2) is 28.1 Å². The Kier molecular flexibility index (Phi) is 3.65. The molecule has 1 aliphatic rings. The van der Waals surface area contributed by atoms with E-state index >= 15 is 0 Å². The minimum Gasteiger partial charge on any atom is -0.393 e. The number of para-hydroxylation sites is 1. The Balaban J connectivity index is 1.72. The maximum atomic E-state index is 12.2. The van der Waals surface area contributed by atoms with Gasteiger partial charge >= 0.3 is 0 Å². The van der Waals surface area contributed by atoms with E-state index in [-0.39, 0.29) is 18.1 Å². The van der Waals surface area contributed by atoms with Gasteiger partial charge in [-0.3, -0.25) is 9.78 Å². The predicted octanol–water partition coefficient (Wildman–Crippen LogP) is 2.27. The molecule has 1 aliphatic carbocycles. The van der Waals surface area contributed by atoms with Crippen molar-refractivity contribution >= 4 is 16.8 Å². The molecule has 1 amide bonds. The summed E-state index contributed by atoms with van der Waals surface area (Å²) in [6, 6.07) is 9.79. The fraction of sp³-hybridized carbons (Fsp3) is 0.375. The largest absolute Gasteiger partial charge is 0.393 e. The van der Waals surface area contributed by atoms with E-state index < -0.39 is 0 Å². The summed E-state index contributed by atoms with van der Waals surface area (Å²) < 4.78 is 0. The van der Waals surface area contributed by atoms with Crippen LogP contribution in [-0.2, 0) is 0 Å². The Morgan fingerprint density at radius 2 is 1.95 bits per heavy atom. The lowest BCUT2D eigenvalue weighted by molar-refractivity contribution is 0.0867. The number of carbonyl (C=O) groups excluding carboxylic acids is 1. The number of nitrogens with zero attached hydrogens (tertiary/aromatic N) is 1. The third-order valence-corrected chi connectivity index (χ3v) is 3.88. The van der Waals surface area contributed by atoms with Crippen LogP contribution in [0.5, 0.6) is 0 Å². The fourth-order valence-corrected chi connectivity index (χ4v) is 2.68. The van der Waals surface area contributed by atoms with Crippen molar-refractivity contribution < 1.29 is 9.90 Å². The molecular weight excluding hydrogens is 252 g/mol. The van der Waals surface area contributed by atoms with Crippen molar-refractivity contribution in [1.29, 1.82) is 0 Å². The molecule has 1 aromatic carbocycles. The van der Waals surface area contributed by atoms with Gasteiger partial charge in [0, 0.05) is 17.6 Å². The first-order valence-electron chi connectivity index (χ1n) is 7.06. The highest BCUT2D eigenvalue weighted by Gasteiger charge is 2.21. The Morgan fingerprint density at radius 3 is 2.75 bits per heavy atom. The number of fused-ring (bicyclic) bond motifs is 1. The van der Waals surface area contributed by atoms with Gasteiger partial charge in [-0.2, -0.15) is 0 Å². The number of rotatable bonds is 2. The Morgan fingerprint density at radius 1 is 1.20 bits per heavy atom. The highest BCUT2D eigenvalue weighted by Crippen LogP contribution is 2.19. The monoisotopic (exact) mass is 270 g/mol. The summed E-state index contributed by atoms with van der Waals surface area (Å²) in [7, 11) is 0. The van der Waals surface area contributed by atoms with E-state index in [4.69, 9.17) is 0 Å². The number of nitrogens with one attached hydrogen (secondary N) is 1. The molecule has 0 spiro atoms. The van der Waals surface area contributed by atoms with Crippen molar-refractivity contribution in [2.75, 3.05) is 0 Å². The molecule has 1 fully saturated rings. The van der Waals surface area contributed by atoms with Gasteiger partial charge in [-0.1, -0.05) is 18.2 Å². The molecule has 1 saturated carbocycles. The van der Waals surface area contributed by atoms with Crippen LogP contribution in [0.15, 0.2) is 36.5 Å². The smallest absolute Gasteiger partial charge is 0.253 e. The second kappa shape index (κ2) is 5.59. The molecule has 1 aromatic heterocycles. The molecule has 1 heterocycles. The number of pyridine rings is 1. The van der Waals surface area contributed by atoms with Gasteiger partial charge in [-0.15, -0.1) is 0 Å². The zero-order valence-corrected chi connectivity index (χ0v) is 11.2. The van der Waals surface area contributed by atoms with E-state index in [9.17, 15) is 9.90 Å². The third-order valence-electron chi connectivity index (χ3n) is 3.88. The molecule has 0 atom stereocenters. The van der Waals surface area contributed by atoms with Crippen LogP contribution in [0.1, 0.15) is 36.0 Å². The summed E-state index contributed by atoms with van der Waals surface area (Å²) in [5.74, 6) is -0.0790. The van der Waals surface area contributed by atoms with Crippen LogP contribution in [0.3, 0.4) is 0 Å². The van der Waals surface area contributed by atoms with Crippen molar-refractivity contribution in [3.63, 3.8) is 0 Å². The Bertz CT molecular complexity index is 619. The van der Waals surface area contributed by atoms with Crippen LogP contribution in [0.25, 0.3) is 10.9 Å². The minimum atomic E-state index is -0.203. The molecule has 104 valence electrons. The van der Waals surface area contributed by atoms with Crippen molar-refractivity contribution in [2.45, 2.75) is 37.8 Å². The maximum Gasteiger partial charge on any atom is 0.253 e. The Hall–Kier alpha value is -1.94. The van der Waals surface area contributed by atoms with E-state index in [0.29, 0.717) is 5.56 Å². The van der Waals surface area contributed by atoms with Crippen LogP contribution < -0.4 is 5.32 Å². The minimum absolute atomic E-state index is 0.0790. The van der Waals surface area contributed by atoms with Gasteiger partial charge < -0.3 is 10.4 Å². The molecule has 0 saturated heterocycles. The summed E-state index contributed by atoms with van der Waals surface area (Å²) in [6.07, 6.45) is 4.63. The summed E-state index contributed by atoms with van der Waals surface area (Å²) in [5.41, 5.74) is 1.49. The van der Waals surface area contributed by atoms with Gasteiger partial charge in [-0.25, -0.2) is 0 Å². The molecular formula is C16H18N2O2. The average Bonchev–Trinajstić information content (AvgIpc) is 2.49. The molecule has 0 aliphatic heterocycles. The first-order valence-corrected chi connectivity index (χ1v) is 7.06. The molecule has 0 unspecified atom stereocenters. The first-order chi connectivity index (χ1) is 9.72. The van der Waals surface area contributed by atoms with Gasteiger partial charge in [0.2, 0.25) is 0 Å². The zero-order chi connectivity index (χ0) is 13.9. The maximum absolute atomic E-state index is 12.2. The van der Waals surface area contributed by atoms with E-state index in [0.717, 1.165) is 36.6 Å². The van der Waals surface area contributed by atoms with Gasteiger partial charge in [0.1, 0.15) is 0 Å². The topological polar surface area (TPSA) is 62.2 Å². The van der Waals surface area contributed by atoms with E-state index in [2.05, 4.69) is 10.3 Å². The molecule has 2 aromatic rings. The fourth-order valence-electron chi connectivity index (χ4n) is 2.68. The van der Waals surface area contributed by atoms with Crippen molar-refractivity contribution in [1.82, 2.24) is 10.3 Å². The SMILES string of the molecule is O=C(NC1CCC(O)CC1)c1cnc2ccccc2c1. The molecule has 0 radical (unpaired) electrons. The highest BCUT2D eigenvalue weighted by molar-refractivity contribution is 5.97. The van der Waals surface area contributed by atoms with E-state index in [1.54, 1.807) is 6.20 Å². The van der Waals surface area contributed by atoms with Gasteiger partial charge in [-0.05, 0) is 37.8 Å². The number of aliphatic hydroxyl groups excluding tert-OH is 1. The zero-order valence-electron chi connectivity index (χ0n) is 11.2. The molecule has 2 N–H and O–H groups in total. The Labute approximate surface area is 117 Å². The molecule has 0 bridgehead atoms. The number of aromatic nitrogens is 1. The van der Waals surface area contributed by atoms with Gasteiger partial charge in [0.05, 0.1) is 17.2 Å². The number of hydrogen-bond acceptors (Lipinski definition) is 3. The number of carbonyl (C=O) groups is 1. The average molecular weight is 270 g/mol. The highest BCUT2D eigenvalue weighted by atomic mass is 16.3. The standard InChI is InChI=1S/C16H18N2O2/c19-14-7-5-13(6-8-14)18-16(20)12-9-11-3-1-2-4-15(11)17-10-12/h1-4,9-10,13-14,19H,5-8H2,(H,18,20). The van der Waals surface area contributed by atoms with Gasteiger partial charge in [0.25, 0.3) is 5.91 Å². The number of hydrogen-bond donors (Lipinski definition) is 2. The lowest BCUT2D eigenvalue weighted by Crippen LogP contribution is -2.38. The predicted molar refractivity (Wildman–Crippen MR) is 77.5 cm³/mol. The van der Waals surface area contributed by atoms with Crippen LogP contribution >= 0.6 is 0 Å². The lowest BCUT2D eigenvalue weighted by Gasteiger charge is -2.26. The summed E-state index contributed by atoms with van der Waals surface area (Å²) in [4.78, 5) is 16.5. The van der Waals surface area contributed by atoms with Gasteiger partial charge in [0.15, 0.2) is 0 Å². The van der Waals surface area contributed by atoms with Crippen LogP contribution in [0.4, 0.5) is 0 Å². The first kappa shape index (κ1) is 13.1. The summed E-state index contributed by atoms with van der Waals surface area (Å²) in [6.45, 7) is 0. The summed E-state index contributed by atoms with van der Waals surface area (Å²) in [5, 5.41) is 13.5. The summed E-state index contributed by atoms with van der Waals surface area (Å²) >= 11 is 0. The van der Waals surface area contributed by atoms with Crippen LogP contribution in [0, 0.1) is 0 Å². The van der Waals surface area contributed by atoms with Crippen LogP contribution in [0.2, 0.25) is 0 Å². The van der Waals surface area contributed by atoms with Crippen molar-refractivity contribution in [3.8, 4) is 0 Å². The molecule has 4 nitrogen and oxygen atoms in total. The van der Waals surface area contributed by atoms with Crippen molar-refractivity contribution in [2.24, 2.45) is 0 Å². The normalized spacial score (nSPS) is 22.6. The molecule has 4 heteroatoms. The second-order valence-electron chi connectivity index (χ2n) is 5.40. The quantitative estimate of drug-likeness (QED) is 0.880. The van der Waals surface area contributed by atoms with E-state index in [1.165, 1.54) is 0 Å². The van der Waals surface area contributed by atoms with E-state index in [1.807, 2.05) is 30.3 Å². The number of aliphatic hydroxyl groups is 1. The lowest BCUT2D eigenvalue weighted by atomic mass is 9.93. The number of amides is 1. The molecule has 3 rings (SSSR count). The molecule has 20 heavy (non-hydrogen) atoms. The third kappa shape index (κ3) is 2.80. The number of benzene rings is 1. The second-order valence-corrected chi connectivity index (χ2v) is 5.40.